The second-order valence-electron chi connectivity index (χ2n) is 6.85. The number of hydrogen-bond acceptors (Lipinski definition) is 5. The van der Waals surface area contributed by atoms with E-state index in [1.807, 2.05) is 6.20 Å². The van der Waals surface area contributed by atoms with Crippen molar-refractivity contribution in [2.24, 2.45) is 0 Å². The number of nitrogens with one attached hydrogen (secondary N) is 1. The van der Waals surface area contributed by atoms with Crippen LogP contribution in [0.25, 0.3) is 0 Å². The fraction of sp³-hybridized carbons (Fsp3) is 0.556. The van der Waals surface area contributed by atoms with Gasteiger partial charge < -0.3 is 14.2 Å². The van der Waals surface area contributed by atoms with Crippen LogP contribution in [0.3, 0.4) is 0 Å². The zero-order valence-corrected chi connectivity index (χ0v) is 15.7. The summed E-state index contributed by atoms with van der Waals surface area (Å²) in [7, 11) is 1.66. The van der Waals surface area contributed by atoms with Crippen molar-refractivity contribution in [1.29, 1.82) is 0 Å². The lowest BCUT2D eigenvalue weighted by atomic mass is 9.97. The summed E-state index contributed by atoms with van der Waals surface area (Å²) < 4.78 is 8.46. The number of nitrogens with zero attached hydrogens (tertiary/aromatic N) is 4. The van der Waals surface area contributed by atoms with E-state index < -0.39 is 11.2 Å². The van der Waals surface area contributed by atoms with Gasteiger partial charge in [0.15, 0.2) is 0 Å². The molecule has 146 valence electrons. The number of amides is 1. The summed E-state index contributed by atoms with van der Waals surface area (Å²) in [5, 5.41) is 0. The number of ether oxygens (including phenoxy) is 1. The molecule has 1 aliphatic rings. The Hall–Kier alpha value is -2.68. The molecule has 1 fully saturated rings. The average molecular weight is 375 g/mol. The monoisotopic (exact) mass is 375 g/mol. The number of H-pyrrole nitrogens is 1. The molecule has 2 aromatic rings. The number of hydrogen-bond donors (Lipinski definition) is 1. The standard InChI is InChI=1S/C18H25N5O4/c1-13-10-23(18(26)20-17(13)25)12-15(24)22-6-3-4-14(11-22)16-19-5-7-21(16)8-9-27-2/h5,7,10,14H,3-4,6,8-9,11-12H2,1-2H3,(H,20,25,26). The first-order valence-electron chi connectivity index (χ1n) is 9.07. The minimum atomic E-state index is -0.567. The molecule has 1 aliphatic heterocycles. The topological polar surface area (TPSA) is 102 Å². The fourth-order valence-electron chi connectivity index (χ4n) is 3.46. The lowest BCUT2D eigenvalue weighted by Gasteiger charge is -2.33. The number of likely N-dealkylation sites (tertiary alicyclic amines) is 1. The molecule has 3 rings (SSSR count). The Kier molecular flexibility index (Phi) is 5.90. The molecule has 2 aromatic heterocycles. The van der Waals surface area contributed by atoms with Gasteiger partial charge in [-0.05, 0) is 19.8 Å². The van der Waals surface area contributed by atoms with E-state index in [-0.39, 0.29) is 18.4 Å². The van der Waals surface area contributed by atoms with Crippen molar-refractivity contribution in [2.75, 3.05) is 26.8 Å². The highest BCUT2D eigenvalue weighted by Crippen LogP contribution is 2.26. The van der Waals surface area contributed by atoms with Crippen LogP contribution in [0.1, 0.15) is 30.1 Å². The number of imidazole rings is 1. The fourth-order valence-corrected chi connectivity index (χ4v) is 3.46. The SMILES string of the molecule is COCCn1ccnc1C1CCCN(C(=O)Cn2cc(C)c(=O)[nH]c2=O)C1. The summed E-state index contributed by atoms with van der Waals surface area (Å²) in [6.45, 7) is 4.08. The first-order chi connectivity index (χ1) is 13.0. The van der Waals surface area contributed by atoms with Crippen molar-refractivity contribution in [3.05, 3.63) is 50.8 Å². The minimum Gasteiger partial charge on any atom is -0.383 e. The molecule has 9 nitrogen and oxygen atoms in total. The number of aromatic nitrogens is 4. The van der Waals surface area contributed by atoms with Crippen LogP contribution < -0.4 is 11.2 Å². The van der Waals surface area contributed by atoms with Gasteiger partial charge >= 0.3 is 5.69 Å². The van der Waals surface area contributed by atoms with Crippen LogP contribution in [0.2, 0.25) is 0 Å². The number of methoxy groups -OCH3 is 1. The Bertz CT molecular complexity index is 913. The number of carbonyl (C=O) groups excluding carboxylic acids is 1. The molecule has 0 radical (unpaired) electrons. The normalized spacial score (nSPS) is 17.3. The molecule has 1 N–H and O–H groups in total. The zero-order chi connectivity index (χ0) is 19.4. The maximum Gasteiger partial charge on any atom is 0.328 e. The van der Waals surface area contributed by atoms with Gasteiger partial charge in [0, 0.05) is 56.8 Å². The van der Waals surface area contributed by atoms with Gasteiger partial charge in [-0.15, -0.1) is 0 Å². The van der Waals surface area contributed by atoms with Gasteiger partial charge in [-0.25, -0.2) is 9.78 Å². The maximum absolute atomic E-state index is 12.7. The van der Waals surface area contributed by atoms with Gasteiger partial charge in [0.25, 0.3) is 5.56 Å². The third-order valence-corrected chi connectivity index (χ3v) is 4.92. The molecule has 0 saturated carbocycles. The predicted molar refractivity (Wildman–Crippen MR) is 98.7 cm³/mol. The van der Waals surface area contributed by atoms with Gasteiger partial charge in [-0.3, -0.25) is 19.1 Å². The van der Waals surface area contributed by atoms with E-state index in [9.17, 15) is 14.4 Å². The lowest BCUT2D eigenvalue weighted by molar-refractivity contribution is -0.133. The molecule has 3 heterocycles. The van der Waals surface area contributed by atoms with Gasteiger partial charge in [-0.2, -0.15) is 0 Å². The smallest absolute Gasteiger partial charge is 0.328 e. The van der Waals surface area contributed by atoms with Crippen molar-refractivity contribution in [3.8, 4) is 0 Å². The number of aryl methyl sites for hydroxylation is 1. The van der Waals surface area contributed by atoms with E-state index in [1.165, 1.54) is 10.8 Å². The van der Waals surface area contributed by atoms with E-state index in [1.54, 1.807) is 25.1 Å². The molecule has 1 amide bonds. The minimum absolute atomic E-state index is 0.0821. The third kappa shape index (κ3) is 4.36. The first-order valence-corrected chi connectivity index (χ1v) is 9.07. The van der Waals surface area contributed by atoms with Crippen LogP contribution in [-0.4, -0.2) is 56.7 Å². The summed E-state index contributed by atoms with van der Waals surface area (Å²) in [5.41, 5.74) is -0.591. The van der Waals surface area contributed by atoms with Gasteiger partial charge in [0.1, 0.15) is 12.4 Å². The Morgan fingerprint density at radius 3 is 2.96 bits per heavy atom. The molecule has 0 aliphatic carbocycles. The Morgan fingerprint density at radius 1 is 1.37 bits per heavy atom. The second kappa shape index (κ2) is 8.34. The van der Waals surface area contributed by atoms with Gasteiger partial charge in [-0.1, -0.05) is 0 Å². The van der Waals surface area contributed by atoms with Crippen molar-refractivity contribution >= 4 is 5.91 Å². The quantitative estimate of drug-likeness (QED) is 0.771. The van der Waals surface area contributed by atoms with Crippen LogP contribution in [-0.2, 0) is 22.6 Å². The number of aromatic amines is 1. The molecule has 1 atom stereocenters. The van der Waals surface area contributed by atoms with Crippen molar-refractivity contribution < 1.29 is 9.53 Å². The van der Waals surface area contributed by atoms with Crippen LogP contribution in [0.5, 0.6) is 0 Å². The second-order valence-corrected chi connectivity index (χ2v) is 6.85. The largest absolute Gasteiger partial charge is 0.383 e. The Morgan fingerprint density at radius 2 is 2.19 bits per heavy atom. The highest BCUT2D eigenvalue weighted by Gasteiger charge is 2.27. The van der Waals surface area contributed by atoms with Crippen LogP contribution in [0.4, 0.5) is 0 Å². The zero-order valence-electron chi connectivity index (χ0n) is 15.7. The molecule has 1 unspecified atom stereocenters. The van der Waals surface area contributed by atoms with Gasteiger partial charge in [0.05, 0.1) is 6.61 Å². The lowest BCUT2D eigenvalue weighted by Crippen LogP contribution is -2.43. The highest BCUT2D eigenvalue weighted by molar-refractivity contribution is 5.76. The Balaban J connectivity index is 1.70. The van der Waals surface area contributed by atoms with Crippen molar-refractivity contribution in [2.45, 2.75) is 38.8 Å². The maximum atomic E-state index is 12.7. The third-order valence-electron chi connectivity index (χ3n) is 4.92. The van der Waals surface area contributed by atoms with Crippen LogP contribution in [0, 0.1) is 6.92 Å². The molecule has 27 heavy (non-hydrogen) atoms. The highest BCUT2D eigenvalue weighted by atomic mass is 16.5. The van der Waals surface area contributed by atoms with E-state index in [0.29, 0.717) is 25.3 Å². The number of rotatable bonds is 6. The van der Waals surface area contributed by atoms with Gasteiger partial charge in [0.2, 0.25) is 5.91 Å². The van der Waals surface area contributed by atoms with Crippen molar-refractivity contribution in [3.63, 3.8) is 0 Å². The Labute approximate surface area is 156 Å². The molecule has 0 spiro atoms. The van der Waals surface area contributed by atoms with Crippen LogP contribution >= 0.6 is 0 Å². The summed E-state index contributed by atoms with van der Waals surface area (Å²) in [6.07, 6.45) is 6.97. The summed E-state index contributed by atoms with van der Waals surface area (Å²) in [4.78, 5) is 44.6. The molecule has 0 bridgehead atoms. The molecule has 1 saturated heterocycles. The summed E-state index contributed by atoms with van der Waals surface area (Å²) >= 11 is 0. The molecular weight excluding hydrogens is 350 g/mol. The van der Waals surface area contributed by atoms with E-state index >= 15 is 0 Å². The summed E-state index contributed by atoms with van der Waals surface area (Å²) in [5.74, 6) is 0.980. The van der Waals surface area contributed by atoms with E-state index in [2.05, 4.69) is 14.5 Å². The average Bonchev–Trinajstić information content (AvgIpc) is 3.13. The van der Waals surface area contributed by atoms with Crippen LogP contribution in [0.15, 0.2) is 28.2 Å². The van der Waals surface area contributed by atoms with Crippen molar-refractivity contribution in [1.82, 2.24) is 24.0 Å². The molecule has 0 aromatic carbocycles. The molecular formula is C18H25N5O4. The van der Waals surface area contributed by atoms with E-state index in [0.717, 1.165) is 25.2 Å². The predicted octanol–water partition coefficient (Wildman–Crippen LogP) is 0.0941. The van der Waals surface area contributed by atoms with E-state index in [4.69, 9.17) is 4.74 Å². The number of carbonyl (C=O) groups is 1. The number of piperidine rings is 1. The first kappa shape index (κ1) is 19.1. The summed E-state index contributed by atoms with van der Waals surface area (Å²) in [6, 6.07) is 0. The molecule has 9 heteroatoms.